The van der Waals surface area contributed by atoms with Crippen molar-refractivity contribution in [3.8, 4) is 0 Å². The largest absolute Gasteiger partial charge is 0.390 e. The summed E-state index contributed by atoms with van der Waals surface area (Å²) in [7, 11) is 0. The lowest BCUT2D eigenvalue weighted by Gasteiger charge is -1.99. The second kappa shape index (κ2) is 4.50. The molecular formula is C9H9BrN4O. The Morgan fingerprint density at radius 3 is 2.80 bits per heavy atom. The van der Waals surface area contributed by atoms with Crippen LogP contribution in [0, 0.1) is 0 Å². The normalized spacial score (nSPS) is 10.5. The number of hydrogen-bond acceptors (Lipinski definition) is 4. The van der Waals surface area contributed by atoms with Gasteiger partial charge in [-0.3, -0.25) is 4.98 Å². The molecule has 0 aliphatic heterocycles. The van der Waals surface area contributed by atoms with E-state index in [-0.39, 0.29) is 6.61 Å². The minimum Gasteiger partial charge on any atom is -0.390 e. The molecule has 2 heterocycles. The lowest BCUT2D eigenvalue weighted by atomic mass is 10.3. The van der Waals surface area contributed by atoms with Gasteiger partial charge in [0.05, 0.1) is 25.0 Å². The molecule has 2 rings (SSSR count). The van der Waals surface area contributed by atoms with Crippen molar-refractivity contribution in [3.05, 3.63) is 40.4 Å². The molecule has 0 fully saturated rings. The summed E-state index contributed by atoms with van der Waals surface area (Å²) >= 11 is 3.32. The Kier molecular flexibility index (Phi) is 3.08. The third-order valence-corrected chi connectivity index (χ3v) is 2.33. The zero-order chi connectivity index (χ0) is 10.7. The first-order valence-corrected chi connectivity index (χ1v) is 5.17. The molecule has 0 aliphatic rings. The molecule has 15 heavy (non-hydrogen) atoms. The van der Waals surface area contributed by atoms with E-state index >= 15 is 0 Å². The van der Waals surface area contributed by atoms with Gasteiger partial charge in [0.15, 0.2) is 0 Å². The average Bonchev–Trinajstić information content (AvgIpc) is 2.69. The molecule has 0 amide bonds. The Morgan fingerprint density at radius 1 is 1.33 bits per heavy atom. The molecule has 5 nitrogen and oxygen atoms in total. The van der Waals surface area contributed by atoms with E-state index in [2.05, 4.69) is 31.2 Å². The third kappa shape index (κ3) is 2.60. The maximum absolute atomic E-state index is 8.82. The summed E-state index contributed by atoms with van der Waals surface area (Å²) in [4.78, 5) is 4.21. The number of pyridine rings is 1. The van der Waals surface area contributed by atoms with Crippen LogP contribution in [0.3, 0.4) is 0 Å². The van der Waals surface area contributed by atoms with Gasteiger partial charge in [0.2, 0.25) is 0 Å². The van der Waals surface area contributed by atoms with E-state index in [1.807, 2.05) is 12.1 Å². The smallest absolute Gasteiger partial charge is 0.108 e. The van der Waals surface area contributed by atoms with Gasteiger partial charge in [0.25, 0.3) is 0 Å². The van der Waals surface area contributed by atoms with Crippen molar-refractivity contribution in [1.82, 2.24) is 20.0 Å². The highest BCUT2D eigenvalue weighted by Gasteiger charge is 2.00. The highest BCUT2D eigenvalue weighted by Crippen LogP contribution is 2.08. The molecular weight excluding hydrogens is 260 g/mol. The van der Waals surface area contributed by atoms with Crippen LogP contribution >= 0.6 is 15.9 Å². The summed E-state index contributed by atoms with van der Waals surface area (Å²) in [6.45, 7) is 0.466. The second-order valence-electron chi connectivity index (χ2n) is 3.03. The van der Waals surface area contributed by atoms with E-state index in [0.717, 1.165) is 10.2 Å². The summed E-state index contributed by atoms with van der Waals surface area (Å²) < 4.78 is 2.59. The van der Waals surface area contributed by atoms with Crippen LogP contribution in [0.2, 0.25) is 0 Å². The maximum Gasteiger partial charge on any atom is 0.108 e. The zero-order valence-corrected chi connectivity index (χ0v) is 9.42. The van der Waals surface area contributed by atoms with Gasteiger partial charge in [-0.2, -0.15) is 0 Å². The Bertz CT molecular complexity index is 440. The van der Waals surface area contributed by atoms with Crippen molar-refractivity contribution in [3.63, 3.8) is 0 Å². The lowest BCUT2D eigenvalue weighted by molar-refractivity contribution is 0.276. The molecule has 0 atom stereocenters. The molecule has 2 aromatic rings. The molecule has 0 spiro atoms. The van der Waals surface area contributed by atoms with Crippen molar-refractivity contribution in [2.24, 2.45) is 0 Å². The molecule has 0 unspecified atom stereocenters. The van der Waals surface area contributed by atoms with Crippen LogP contribution in [0.1, 0.15) is 11.4 Å². The van der Waals surface area contributed by atoms with Crippen LogP contribution in [-0.2, 0) is 13.2 Å². The molecule has 0 radical (unpaired) electrons. The minimum atomic E-state index is -0.0895. The van der Waals surface area contributed by atoms with Gasteiger partial charge in [-0.25, -0.2) is 4.68 Å². The van der Waals surface area contributed by atoms with Gasteiger partial charge in [-0.05, 0) is 28.1 Å². The highest BCUT2D eigenvalue weighted by molar-refractivity contribution is 9.10. The fourth-order valence-corrected chi connectivity index (χ4v) is 1.39. The van der Waals surface area contributed by atoms with Gasteiger partial charge >= 0.3 is 0 Å². The van der Waals surface area contributed by atoms with Gasteiger partial charge in [-0.15, -0.1) is 5.10 Å². The van der Waals surface area contributed by atoms with Crippen LogP contribution in [0.15, 0.2) is 29.0 Å². The van der Waals surface area contributed by atoms with Crippen molar-refractivity contribution in [1.29, 1.82) is 0 Å². The van der Waals surface area contributed by atoms with Crippen LogP contribution in [0.25, 0.3) is 0 Å². The van der Waals surface area contributed by atoms with Crippen molar-refractivity contribution < 1.29 is 5.11 Å². The number of aliphatic hydroxyl groups excluding tert-OH is 1. The van der Waals surface area contributed by atoms with Crippen molar-refractivity contribution >= 4 is 15.9 Å². The van der Waals surface area contributed by atoms with Crippen LogP contribution in [0.4, 0.5) is 0 Å². The van der Waals surface area contributed by atoms with Crippen LogP contribution in [0.5, 0.6) is 0 Å². The number of halogens is 1. The third-order valence-electron chi connectivity index (χ3n) is 1.86. The molecule has 2 aromatic heterocycles. The van der Waals surface area contributed by atoms with E-state index in [4.69, 9.17) is 5.11 Å². The second-order valence-corrected chi connectivity index (χ2v) is 3.95. The Hall–Kier alpha value is -1.27. The van der Waals surface area contributed by atoms with Crippen molar-refractivity contribution in [2.45, 2.75) is 13.2 Å². The number of nitrogens with zero attached hydrogens (tertiary/aromatic N) is 4. The van der Waals surface area contributed by atoms with Crippen molar-refractivity contribution in [2.75, 3.05) is 0 Å². The monoisotopic (exact) mass is 268 g/mol. The lowest BCUT2D eigenvalue weighted by Crippen LogP contribution is -2.02. The first-order chi connectivity index (χ1) is 7.28. The molecule has 0 aliphatic carbocycles. The number of aromatic nitrogens is 4. The minimum absolute atomic E-state index is 0.0895. The standard InChI is InChI=1S/C9H9BrN4O/c10-7-1-2-8(11-3-7)4-14-5-9(6-15)12-13-14/h1-3,5,15H,4,6H2. The molecule has 1 N–H and O–H groups in total. The molecule has 6 heteroatoms. The number of aliphatic hydroxyl groups is 1. The zero-order valence-electron chi connectivity index (χ0n) is 7.84. The van der Waals surface area contributed by atoms with Crippen LogP contribution < -0.4 is 0 Å². The molecule has 0 saturated carbocycles. The first kappa shape index (κ1) is 10.3. The molecule has 0 bridgehead atoms. The molecule has 0 saturated heterocycles. The molecule has 0 aromatic carbocycles. The summed E-state index contributed by atoms with van der Waals surface area (Å²) in [5.74, 6) is 0. The Balaban J connectivity index is 2.11. The Morgan fingerprint density at radius 2 is 2.20 bits per heavy atom. The summed E-state index contributed by atoms with van der Waals surface area (Å²) in [5, 5.41) is 16.4. The topological polar surface area (TPSA) is 63.8 Å². The predicted octanol–water partition coefficient (Wildman–Crippen LogP) is 0.976. The maximum atomic E-state index is 8.82. The first-order valence-electron chi connectivity index (χ1n) is 4.38. The summed E-state index contributed by atoms with van der Waals surface area (Å²) in [6, 6.07) is 3.83. The Labute approximate surface area is 94.9 Å². The molecule has 78 valence electrons. The quantitative estimate of drug-likeness (QED) is 0.902. The van der Waals surface area contributed by atoms with E-state index < -0.39 is 0 Å². The SMILES string of the molecule is OCc1cn(Cc2ccc(Br)cn2)nn1. The van der Waals surface area contributed by atoms with Gasteiger partial charge in [0.1, 0.15) is 5.69 Å². The van der Waals surface area contributed by atoms with Gasteiger partial charge < -0.3 is 5.11 Å². The van der Waals surface area contributed by atoms with Gasteiger partial charge in [-0.1, -0.05) is 5.21 Å². The number of rotatable bonds is 3. The fraction of sp³-hybridized carbons (Fsp3) is 0.222. The van der Waals surface area contributed by atoms with E-state index in [0.29, 0.717) is 12.2 Å². The summed E-state index contributed by atoms with van der Waals surface area (Å²) in [5.41, 5.74) is 1.46. The predicted molar refractivity (Wildman–Crippen MR) is 57.0 cm³/mol. The highest BCUT2D eigenvalue weighted by atomic mass is 79.9. The van der Waals surface area contributed by atoms with E-state index in [1.54, 1.807) is 17.1 Å². The average molecular weight is 269 g/mol. The van der Waals surface area contributed by atoms with Crippen LogP contribution in [-0.4, -0.2) is 25.1 Å². The van der Waals surface area contributed by atoms with E-state index in [9.17, 15) is 0 Å². The van der Waals surface area contributed by atoms with E-state index in [1.165, 1.54) is 0 Å². The fourth-order valence-electron chi connectivity index (χ4n) is 1.15. The van der Waals surface area contributed by atoms with Gasteiger partial charge in [0, 0.05) is 10.7 Å². The number of hydrogen-bond donors (Lipinski definition) is 1. The summed E-state index contributed by atoms with van der Waals surface area (Å²) in [6.07, 6.45) is 3.43.